The molecule has 0 aromatic heterocycles. The normalized spacial score (nSPS) is 18.9. The molecule has 0 bridgehead atoms. The molecule has 1 saturated heterocycles. The summed E-state index contributed by atoms with van der Waals surface area (Å²) in [6.07, 6.45) is 0.940. The van der Waals surface area contributed by atoms with Crippen LogP contribution in [-0.4, -0.2) is 41.5 Å². The first kappa shape index (κ1) is 14.5. The lowest BCUT2D eigenvalue weighted by Crippen LogP contribution is -2.45. The van der Waals surface area contributed by atoms with E-state index in [4.69, 9.17) is 4.74 Å². The molecule has 1 aromatic carbocycles. The number of carbonyl (C=O) groups is 1. The fourth-order valence-corrected chi connectivity index (χ4v) is 2.33. The summed E-state index contributed by atoms with van der Waals surface area (Å²) >= 11 is 0. The van der Waals surface area contributed by atoms with E-state index in [1.165, 1.54) is 12.1 Å². The van der Waals surface area contributed by atoms with Crippen molar-refractivity contribution in [3.05, 3.63) is 39.4 Å². The van der Waals surface area contributed by atoms with E-state index < -0.39 is 4.92 Å². The number of hydrogen-bond acceptors (Lipinski definition) is 4. The summed E-state index contributed by atoms with van der Waals surface area (Å²) in [7, 11) is 0. The maximum atomic E-state index is 12.4. The molecule has 108 valence electrons. The topological polar surface area (TPSA) is 72.7 Å². The number of rotatable bonds is 3. The SMILES string of the molecule is CC[C@@H]1CN(C(=O)c2ccc([N+](=O)[O-])c(C)c2)CCO1. The summed E-state index contributed by atoms with van der Waals surface area (Å²) in [6.45, 7) is 5.34. The Morgan fingerprint density at radius 3 is 2.90 bits per heavy atom. The Labute approximate surface area is 117 Å². The van der Waals surface area contributed by atoms with Gasteiger partial charge in [0.05, 0.1) is 17.6 Å². The molecule has 1 aromatic rings. The monoisotopic (exact) mass is 278 g/mol. The number of aryl methyl sites for hydroxylation is 1. The third-order valence-electron chi connectivity index (χ3n) is 3.52. The van der Waals surface area contributed by atoms with Crippen molar-refractivity contribution in [1.29, 1.82) is 0 Å². The molecule has 0 spiro atoms. The molecule has 1 aliphatic rings. The van der Waals surface area contributed by atoms with E-state index in [0.29, 0.717) is 30.8 Å². The molecule has 1 aliphatic heterocycles. The third kappa shape index (κ3) is 2.96. The first-order valence-electron chi connectivity index (χ1n) is 6.68. The second kappa shape index (κ2) is 6.00. The van der Waals surface area contributed by atoms with Gasteiger partial charge in [0.1, 0.15) is 0 Å². The maximum Gasteiger partial charge on any atom is 0.272 e. The van der Waals surface area contributed by atoms with E-state index in [9.17, 15) is 14.9 Å². The van der Waals surface area contributed by atoms with Gasteiger partial charge >= 0.3 is 0 Å². The van der Waals surface area contributed by atoms with E-state index >= 15 is 0 Å². The summed E-state index contributed by atoms with van der Waals surface area (Å²) in [4.78, 5) is 24.5. The van der Waals surface area contributed by atoms with E-state index in [1.54, 1.807) is 17.9 Å². The molecule has 6 heteroatoms. The molecule has 1 amide bonds. The quantitative estimate of drug-likeness (QED) is 0.627. The summed E-state index contributed by atoms with van der Waals surface area (Å²) in [5.74, 6) is -0.0928. The lowest BCUT2D eigenvalue weighted by atomic mass is 10.1. The van der Waals surface area contributed by atoms with Crippen molar-refractivity contribution in [3.63, 3.8) is 0 Å². The molecule has 0 N–H and O–H groups in total. The van der Waals surface area contributed by atoms with Gasteiger partial charge in [-0.3, -0.25) is 14.9 Å². The molecular weight excluding hydrogens is 260 g/mol. The predicted molar refractivity (Wildman–Crippen MR) is 73.8 cm³/mol. The molecular formula is C14H18N2O4. The van der Waals surface area contributed by atoms with Gasteiger partial charge in [-0.15, -0.1) is 0 Å². The fraction of sp³-hybridized carbons (Fsp3) is 0.500. The van der Waals surface area contributed by atoms with Gasteiger partial charge in [0.2, 0.25) is 0 Å². The van der Waals surface area contributed by atoms with Crippen LogP contribution in [-0.2, 0) is 4.74 Å². The molecule has 0 unspecified atom stereocenters. The lowest BCUT2D eigenvalue weighted by molar-refractivity contribution is -0.385. The Bertz CT molecular complexity index is 530. The highest BCUT2D eigenvalue weighted by atomic mass is 16.6. The van der Waals surface area contributed by atoms with Gasteiger partial charge in [-0.05, 0) is 25.5 Å². The van der Waals surface area contributed by atoms with Crippen LogP contribution in [0.4, 0.5) is 5.69 Å². The lowest BCUT2D eigenvalue weighted by Gasteiger charge is -2.32. The average molecular weight is 278 g/mol. The number of nitrogens with zero attached hydrogens (tertiary/aromatic N) is 2. The molecule has 0 radical (unpaired) electrons. The van der Waals surface area contributed by atoms with Crippen LogP contribution in [0.15, 0.2) is 18.2 Å². The minimum atomic E-state index is -0.439. The van der Waals surface area contributed by atoms with Gasteiger partial charge in [0.15, 0.2) is 0 Å². The van der Waals surface area contributed by atoms with Crippen LogP contribution in [0.3, 0.4) is 0 Å². The molecule has 2 rings (SSSR count). The van der Waals surface area contributed by atoms with E-state index in [-0.39, 0.29) is 17.7 Å². The van der Waals surface area contributed by atoms with Crippen molar-refractivity contribution < 1.29 is 14.5 Å². The van der Waals surface area contributed by atoms with E-state index in [2.05, 4.69) is 0 Å². The average Bonchev–Trinajstić information content (AvgIpc) is 2.46. The van der Waals surface area contributed by atoms with Crippen molar-refractivity contribution in [2.45, 2.75) is 26.4 Å². The van der Waals surface area contributed by atoms with Crippen molar-refractivity contribution in [3.8, 4) is 0 Å². The van der Waals surface area contributed by atoms with Crippen molar-refractivity contribution in [2.75, 3.05) is 19.7 Å². The third-order valence-corrected chi connectivity index (χ3v) is 3.52. The van der Waals surface area contributed by atoms with Crippen molar-refractivity contribution in [2.24, 2.45) is 0 Å². The van der Waals surface area contributed by atoms with Gasteiger partial charge in [-0.25, -0.2) is 0 Å². The van der Waals surface area contributed by atoms with Crippen LogP contribution >= 0.6 is 0 Å². The zero-order valence-corrected chi connectivity index (χ0v) is 11.7. The molecule has 1 heterocycles. The summed E-state index contributed by atoms with van der Waals surface area (Å²) in [5.41, 5.74) is 1.03. The highest BCUT2D eigenvalue weighted by Crippen LogP contribution is 2.20. The number of nitro groups is 1. The Hall–Kier alpha value is -1.95. The number of morpholine rings is 1. The van der Waals surface area contributed by atoms with Crippen LogP contribution in [0.25, 0.3) is 0 Å². The van der Waals surface area contributed by atoms with Crippen molar-refractivity contribution in [1.82, 2.24) is 4.90 Å². The van der Waals surface area contributed by atoms with Crippen LogP contribution < -0.4 is 0 Å². The van der Waals surface area contributed by atoms with Crippen LogP contribution in [0.5, 0.6) is 0 Å². The van der Waals surface area contributed by atoms with E-state index in [1.807, 2.05) is 6.92 Å². The fourth-order valence-electron chi connectivity index (χ4n) is 2.33. The minimum absolute atomic E-state index is 0.0370. The minimum Gasteiger partial charge on any atom is -0.375 e. The van der Waals surface area contributed by atoms with Gasteiger partial charge < -0.3 is 9.64 Å². The Morgan fingerprint density at radius 1 is 1.55 bits per heavy atom. The Morgan fingerprint density at radius 2 is 2.30 bits per heavy atom. The number of ether oxygens (including phenoxy) is 1. The number of nitro benzene ring substituents is 1. The molecule has 0 saturated carbocycles. The number of amides is 1. The molecule has 1 atom stereocenters. The van der Waals surface area contributed by atoms with Gasteiger partial charge in [0.25, 0.3) is 11.6 Å². The first-order chi connectivity index (χ1) is 9.52. The van der Waals surface area contributed by atoms with E-state index in [0.717, 1.165) is 6.42 Å². The highest BCUT2D eigenvalue weighted by molar-refractivity contribution is 5.94. The predicted octanol–water partition coefficient (Wildman–Crippen LogP) is 2.15. The molecule has 20 heavy (non-hydrogen) atoms. The second-order valence-electron chi connectivity index (χ2n) is 4.91. The summed E-state index contributed by atoms with van der Waals surface area (Å²) in [6, 6.07) is 4.49. The van der Waals surface area contributed by atoms with Gasteiger partial charge in [-0.2, -0.15) is 0 Å². The number of carbonyl (C=O) groups excluding carboxylic acids is 1. The zero-order chi connectivity index (χ0) is 14.7. The smallest absolute Gasteiger partial charge is 0.272 e. The van der Waals surface area contributed by atoms with Crippen LogP contribution in [0.2, 0.25) is 0 Å². The largest absolute Gasteiger partial charge is 0.375 e. The van der Waals surface area contributed by atoms with Crippen molar-refractivity contribution >= 4 is 11.6 Å². The van der Waals surface area contributed by atoms with Gasteiger partial charge in [-0.1, -0.05) is 6.92 Å². The summed E-state index contributed by atoms with van der Waals surface area (Å²) in [5, 5.41) is 10.8. The summed E-state index contributed by atoms with van der Waals surface area (Å²) < 4.78 is 5.53. The molecule has 6 nitrogen and oxygen atoms in total. The zero-order valence-electron chi connectivity index (χ0n) is 11.7. The second-order valence-corrected chi connectivity index (χ2v) is 4.91. The first-order valence-corrected chi connectivity index (χ1v) is 6.68. The number of benzene rings is 1. The Balaban J connectivity index is 2.17. The van der Waals surface area contributed by atoms with Gasteiger partial charge in [0, 0.05) is 30.3 Å². The van der Waals surface area contributed by atoms with Crippen LogP contribution in [0.1, 0.15) is 29.3 Å². The Kier molecular flexibility index (Phi) is 4.34. The highest BCUT2D eigenvalue weighted by Gasteiger charge is 2.24. The maximum absolute atomic E-state index is 12.4. The standard InChI is InChI=1S/C14H18N2O4/c1-3-12-9-15(6-7-20-12)14(17)11-4-5-13(16(18)19)10(2)8-11/h4-5,8,12H,3,6-7,9H2,1-2H3/t12-/m1/s1. The van der Waals surface area contributed by atoms with Crippen LogP contribution in [0, 0.1) is 17.0 Å². The number of hydrogen-bond donors (Lipinski definition) is 0. The molecule has 1 fully saturated rings. The molecule has 0 aliphatic carbocycles.